The highest BCUT2D eigenvalue weighted by molar-refractivity contribution is 5.91. The first kappa shape index (κ1) is 23.9. The van der Waals surface area contributed by atoms with E-state index in [1.165, 1.54) is 6.26 Å². The van der Waals surface area contributed by atoms with Gasteiger partial charge in [0.2, 0.25) is 0 Å². The van der Waals surface area contributed by atoms with Crippen LogP contribution in [-0.2, 0) is 12.4 Å². The third-order valence-electron chi connectivity index (χ3n) is 4.86. The van der Waals surface area contributed by atoms with Gasteiger partial charge in [0.15, 0.2) is 5.76 Å². The van der Waals surface area contributed by atoms with Crippen LogP contribution in [0.25, 0.3) is 0 Å². The standard InChI is InChI=1S/C20H20F6N2O4/c21-19(22,23)13-8-14(20(24,25)26)10-16(9-13)32-12-15(29)11-27-3-5-28(6-4-27)18(30)17-2-1-7-31-17/h1-2,7-10,15,29H,3-6,11-12H2/t15-/m0/s1. The number of alkyl halides is 6. The maximum atomic E-state index is 12.9. The fourth-order valence-electron chi connectivity index (χ4n) is 3.24. The Bertz CT molecular complexity index is 874. The van der Waals surface area contributed by atoms with Crippen molar-refractivity contribution in [2.75, 3.05) is 39.3 Å². The van der Waals surface area contributed by atoms with E-state index in [2.05, 4.69) is 0 Å². The van der Waals surface area contributed by atoms with Crippen LogP contribution in [-0.4, -0.2) is 66.2 Å². The highest BCUT2D eigenvalue weighted by Gasteiger charge is 2.37. The van der Waals surface area contributed by atoms with Crippen molar-refractivity contribution in [1.82, 2.24) is 9.80 Å². The number of β-amino-alcohol motifs (C(OH)–C–C–N with tert-alkyl or cyclic N) is 1. The van der Waals surface area contributed by atoms with Gasteiger partial charge in [-0.05, 0) is 30.3 Å². The van der Waals surface area contributed by atoms with Crippen molar-refractivity contribution in [2.45, 2.75) is 18.5 Å². The molecule has 1 aliphatic heterocycles. The van der Waals surface area contributed by atoms with Gasteiger partial charge in [-0.15, -0.1) is 0 Å². The van der Waals surface area contributed by atoms with Gasteiger partial charge >= 0.3 is 12.4 Å². The van der Waals surface area contributed by atoms with Gasteiger partial charge in [-0.3, -0.25) is 9.69 Å². The summed E-state index contributed by atoms with van der Waals surface area (Å²) in [6.45, 7) is 1.17. The molecule has 0 aliphatic carbocycles. The van der Waals surface area contributed by atoms with Crippen molar-refractivity contribution in [2.24, 2.45) is 0 Å². The van der Waals surface area contributed by atoms with Crippen molar-refractivity contribution in [3.63, 3.8) is 0 Å². The molecule has 0 unspecified atom stereocenters. The first-order chi connectivity index (χ1) is 14.9. The lowest BCUT2D eigenvalue weighted by molar-refractivity contribution is -0.143. The molecule has 2 aromatic rings. The van der Waals surface area contributed by atoms with Crippen LogP contribution in [0.4, 0.5) is 26.3 Å². The smallest absolute Gasteiger partial charge is 0.416 e. The molecule has 1 amide bonds. The van der Waals surface area contributed by atoms with E-state index >= 15 is 0 Å². The number of amides is 1. The van der Waals surface area contributed by atoms with Gasteiger partial charge in [-0.2, -0.15) is 26.3 Å². The van der Waals surface area contributed by atoms with Gasteiger partial charge in [0.25, 0.3) is 5.91 Å². The number of piperazine rings is 1. The predicted molar refractivity (Wildman–Crippen MR) is 99.0 cm³/mol. The molecule has 0 bridgehead atoms. The Morgan fingerprint density at radius 2 is 1.62 bits per heavy atom. The summed E-state index contributed by atoms with van der Waals surface area (Å²) >= 11 is 0. The molecule has 1 aliphatic rings. The second kappa shape index (κ2) is 9.41. The molecule has 1 aromatic heterocycles. The number of ether oxygens (including phenoxy) is 1. The monoisotopic (exact) mass is 466 g/mol. The summed E-state index contributed by atoms with van der Waals surface area (Å²) in [7, 11) is 0. The number of hydrogen-bond acceptors (Lipinski definition) is 5. The van der Waals surface area contributed by atoms with Crippen molar-refractivity contribution in [3.8, 4) is 5.75 Å². The lowest BCUT2D eigenvalue weighted by atomic mass is 10.1. The minimum absolute atomic E-state index is 0.00673. The van der Waals surface area contributed by atoms with E-state index in [1.54, 1.807) is 17.0 Å². The SMILES string of the molecule is O=C(c1ccco1)N1CCN(C[C@H](O)COc2cc(C(F)(F)F)cc(C(F)(F)F)c2)CC1. The minimum Gasteiger partial charge on any atom is -0.491 e. The molecular formula is C20H20F6N2O4. The second-order valence-electron chi connectivity index (χ2n) is 7.28. The summed E-state index contributed by atoms with van der Waals surface area (Å²) in [5.74, 6) is -0.685. The highest BCUT2D eigenvalue weighted by Crippen LogP contribution is 2.38. The van der Waals surface area contributed by atoms with Crippen LogP contribution in [0.2, 0.25) is 0 Å². The summed E-state index contributed by atoms with van der Waals surface area (Å²) in [6.07, 6.45) is -9.73. The molecule has 1 N–H and O–H groups in total. The molecule has 32 heavy (non-hydrogen) atoms. The third kappa shape index (κ3) is 6.16. The number of aliphatic hydroxyl groups is 1. The Balaban J connectivity index is 1.53. The van der Waals surface area contributed by atoms with Crippen LogP contribution in [0.3, 0.4) is 0 Å². The van der Waals surface area contributed by atoms with Crippen molar-refractivity contribution >= 4 is 5.91 Å². The second-order valence-corrected chi connectivity index (χ2v) is 7.28. The average molecular weight is 466 g/mol. The quantitative estimate of drug-likeness (QED) is 0.661. The predicted octanol–water partition coefficient (Wildman–Crippen LogP) is 3.51. The first-order valence-corrected chi connectivity index (χ1v) is 9.59. The fourth-order valence-corrected chi connectivity index (χ4v) is 3.24. The Kier molecular flexibility index (Phi) is 7.03. The number of benzene rings is 1. The van der Waals surface area contributed by atoms with E-state index in [9.17, 15) is 36.2 Å². The molecule has 0 radical (unpaired) electrons. The number of furan rings is 1. The zero-order valence-corrected chi connectivity index (χ0v) is 16.6. The number of rotatable bonds is 6. The lowest BCUT2D eigenvalue weighted by Crippen LogP contribution is -2.50. The number of halogens is 6. The molecule has 0 saturated carbocycles. The normalized spacial score (nSPS) is 16.8. The Labute approximate surface area is 179 Å². The fraction of sp³-hybridized carbons (Fsp3) is 0.450. The third-order valence-corrected chi connectivity index (χ3v) is 4.86. The van der Waals surface area contributed by atoms with Gasteiger partial charge in [-0.25, -0.2) is 0 Å². The molecule has 1 aromatic carbocycles. The lowest BCUT2D eigenvalue weighted by Gasteiger charge is -2.35. The molecule has 2 heterocycles. The van der Waals surface area contributed by atoms with E-state index < -0.39 is 41.9 Å². The Hall–Kier alpha value is -2.73. The maximum absolute atomic E-state index is 12.9. The van der Waals surface area contributed by atoms with Crippen LogP contribution in [0, 0.1) is 0 Å². The van der Waals surface area contributed by atoms with Crippen molar-refractivity contribution in [3.05, 3.63) is 53.5 Å². The number of hydrogen-bond donors (Lipinski definition) is 1. The summed E-state index contributed by atoms with van der Waals surface area (Å²) in [6, 6.07) is 4.07. The number of carbonyl (C=O) groups excluding carboxylic acids is 1. The molecule has 3 rings (SSSR count). The zero-order valence-electron chi connectivity index (χ0n) is 16.6. The molecule has 0 spiro atoms. The first-order valence-electron chi connectivity index (χ1n) is 9.59. The van der Waals surface area contributed by atoms with Crippen molar-refractivity contribution < 1.29 is 45.4 Å². The molecule has 176 valence electrons. The van der Waals surface area contributed by atoms with E-state index in [0.29, 0.717) is 38.3 Å². The molecule has 1 atom stereocenters. The van der Waals surface area contributed by atoms with Gasteiger partial charge in [-0.1, -0.05) is 0 Å². The van der Waals surface area contributed by atoms with Crippen molar-refractivity contribution in [1.29, 1.82) is 0 Å². The maximum Gasteiger partial charge on any atom is 0.416 e. The summed E-state index contributed by atoms with van der Waals surface area (Å²) in [4.78, 5) is 15.6. The Morgan fingerprint density at radius 1 is 1.03 bits per heavy atom. The molecule has 6 nitrogen and oxygen atoms in total. The number of carbonyl (C=O) groups is 1. The zero-order chi connectivity index (χ0) is 23.5. The summed E-state index contributed by atoms with van der Waals surface area (Å²) in [5.41, 5.74) is -2.98. The van der Waals surface area contributed by atoms with Crippen LogP contribution >= 0.6 is 0 Å². The van der Waals surface area contributed by atoms with E-state index in [-0.39, 0.29) is 24.3 Å². The van der Waals surface area contributed by atoms with Gasteiger partial charge in [0.1, 0.15) is 18.5 Å². The molecular weight excluding hydrogens is 446 g/mol. The van der Waals surface area contributed by atoms with Crippen LogP contribution in [0.1, 0.15) is 21.7 Å². The topological polar surface area (TPSA) is 66.2 Å². The van der Waals surface area contributed by atoms with Gasteiger partial charge in [0.05, 0.1) is 17.4 Å². The number of aliphatic hydroxyl groups excluding tert-OH is 1. The minimum atomic E-state index is -4.98. The van der Waals surface area contributed by atoms with E-state index in [1.807, 2.05) is 4.90 Å². The van der Waals surface area contributed by atoms with Crippen LogP contribution in [0.15, 0.2) is 41.0 Å². The van der Waals surface area contributed by atoms with Crippen LogP contribution < -0.4 is 4.74 Å². The molecule has 1 fully saturated rings. The van der Waals surface area contributed by atoms with Gasteiger partial charge in [0, 0.05) is 32.7 Å². The average Bonchev–Trinajstić information content (AvgIpc) is 3.26. The van der Waals surface area contributed by atoms with Gasteiger partial charge < -0.3 is 19.2 Å². The summed E-state index contributed by atoms with van der Waals surface area (Å²) < 4.78 is 87.6. The largest absolute Gasteiger partial charge is 0.491 e. The molecule has 12 heteroatoms. The van der Waals surface area contributed by atoms with Crippen LogP contribution in [0.5, 0.6) is 5.75 Å². The molecule has 1 saturated heterocycles. The van der Waals surface area contributed by atoms with E-state index in [4.69, 9.17) is 9.15 Å². The van der Waals surface area contributed by atoms with E-state index in [0.717, 1.165) is 0 Å². The number of nitrogens with zero attached hydrogens (tertiary/aromatic N) is 2. The Morgan fingerprint density at radius 3 is 2.12 bits per heavy atom. The highest BCUT2D eigenvalue weighted by atomic mass is 19.4. The summed E-state index contributed by atoms with van der Waals surface area (Å²) in [5, 5.41) is 10.1.